The fraction of sp³-hybridized carbons (Fsp3) is 0.556. The zero-order chi connectivity index (χ0) is 29.8. The number of hydrogen-bond acceptors (Lipinski definition) is 12. The number of rotatable bonds is 14. The zero-order valence-electron chi connectivity index (χ0n) is 20.3. The summed E-state index contributed by atoms with van der Waals surface area (Å²) in [5.41, 5.74) is -5.14. The number of halogens is 4. The predicted molar refractivity (Wildman–Crippen MR) is 129 cm³/mol. The molecule has 218 valence electrons. The first kappa shape index (κ1) is 33.7. The average molecular weight is 633 g/mol. The molecule has 0 saturated heterocycles. The van der Waals surface area contributed by atoms with E-state index in [1.807, 2.05) is 0 Å². The van der Waals surface area contributed by atoms with Gasteiger partial charge in [0.25, 0.3) is 0 Å². The minimum absolute atomic E-state index is 0.00292. The van der Waals surface area contributed by atoms with Gasteiger partial charge in [-0.2, -0.15) is 34.4 Å². The van der Waals surface area contributed by atoms with E-state index in [9.17, 15) is 51.2 Å². The second kappa shape index (κ2) is 11.8. The first-order valence-corrected chi connectivity index (χ1v) is 17.2. The van der Waals surface area contributed by atoms with Gasteiger partial charge in [0, 0.05) is 23.6 Å². The minimum atomic E-state index is -5.28. The van der Waals surface area contributed by atoms with Gasteiger partial charge >= 0.3 is 30.7 Å². The molecule has 0 saturated carbocycles. The molecule has 0 aliphatic carbocycles. The fourth-order valence-corrected chi connectivity index (χ4v) is 4.99. The predicted octanol–water partition coefficient (Wildman–Crippen LogP) is 1.88. The van der Waals surface area contributed by atoms with Crippen LogP contribution >= 0.6 is 0 Å². The van der Waals surface area contributed by atoms with Gasteiger partial charge in [0.2, 0.25) is 19.7 Å². The van der Waals surface area contributed by atoms with Crippen LogP contribution in [0.1, 0.15) is 37.8 Å². The highest BCUT2D eigenvalue weighted by Gasteiger charge is 2.50. The third-order valence-corrected chi connectivity index (χ3v) is 8.98. The van der Waals surface area contributed by atoms with Crippen molar-refractivity contribution in [3.05, 3.63) is 35.4 Å². The van der Waals surface area contributed by atoms with E-state index in [0.29, 0.717) is 24.3 Å². The van der Waals surface area contributed by atoms with Crippen LogP contribution in [-0.4, -0.2) is 79.6 Å². The van der Waals surface area contributed by atoms with E-state index in [-0.39, 0.29) is 25.4 Å². The van der Waals surface area contributed by atoms with Crippen molar-refractivity contribution in [1.82, 2.24) is 0 Å². The van der Waals surface area contributed by atoms with E-state index < -0.39 is 84.5 Å². The van der Waals surface area contributed by atoms with Crippen LogP contribution in [0, 0.1) is 0 Å². The van der Waals surface area contributed by atoms with Crippen LogP contribution in [0.5, 0.6) is 0 Å². The molecule has 0 N–H and O–H groups in total. The molecule has 12 nitrogen and oxygen atoms in total. The molecule has 0 aliphatic heterocycles. The van der Waals surface area contributed by atoms with Crippen LogP contribution < -0.4 is 0 Å². The summed E-state index contributed by atoms with van der Waals surface area (Å²) in [6, 6.07) is 2.21. The molecule has 0 heterocycles. The van der Waals surface area contributed by atoms with Crippen LogP contribution in [0.25, 0.3) is 0 Å². The van der Waals surface area contributed by atoms with Gasteiger partial charge in [-0.25, -0.2) is 16.8 Å². The SMILES string of the molecule is CCCS(=O)(=O)O/N=C(/c1ccc(/C(=N/OS(=O)(=O)CCC)C(F)(F)S(C)(=O)=O)cc1)C(F)(F)S(C)(=O)=O. The molecule has 0 amide bonds. The summed E-state index contributed by atoms with van der Waals surface area (Å²) in [5, 5.41) is -4.07. The highest BCUT2D eigenvalue weighted by atomic mass is 32.2. The highest BCUT2D eigenvalue weighted by molar-refractivity contribution is 7.92. The van der Waals surface area contributed by atoms with Crippen molar-refractivity contribution in [3.63, 3.8) is 0 Å². The van der Waals surface area contributed by atoms with Gasteiger partial charge in [-0.15, -0.1) is 0 Å². The Hall–Kier alpha value is -2.32. The molecule has 0 radical (unpaired) electrons. The molecule has 0 atom stereocenters. The van der Waals surface area contributed by atoms with Crippen molar-refractivity contribution in [1.29, 1.82) is 0 Å². The van der Waals surface area contributed by atoms with Crippen LogP contribution in [0.15, 0.2) is 34.6 Å². The number of benzene rings is 1. The second-order valence-corrected chi connectivity index (χ2v) is 15.2. The van der Waals surface area contributed by atoms with Gasteiger partial charge in [0.1, 0.15) is 0 Å². The Labute approximate surface area is 217 Å². The Morgan fingerprint density at radius 2 is 0.921 bits per heavy atom. The molecule has 1 rings (SSSR count). The van der Waals surface area contributed by atoms with E-state index in [2.05, 4.69) is 18.9 Å². The minimum Gasteiger partial charge on any atom is -0.268 e. The molecule has 0 aromatic heterocycles. The number of sulfone groups is 2. The molecule has 1 aromatic rings. The van der Waals surface area contributed by atoms with Crippen molar-refractivity contribution in [2.24, 2.45) is 10.3 Å². The Morgan fingerprint density at radius 1 is 0.658 bits per heavy atom. The van der Waals surface area contributed by atoms with Crippen LogP contribution in [0.3, 0.4) is 0 Å². The molecular formula is C18H24F4N2O10S4. The summed E-state index contributed by atoms with van der Waals surface area (Å²) in [5.74, 6) is -1.32. The molecule has 38 heavy (non-hydrogen) atoms. The van der Waals surface area contributed by atoms with Crippen molar-refractivity contribution < 1.29 is 59.8 Å². The van der Waals surface area contributed by atoms with Gasteiger partial charge in [-0.05, 0) is 12.8 Å². The molecular weight excluding hydrogens is 608 g/mol. The van der Waals surface area contributed by atoms with Crippen molar-refractivity contribution in [3.8, 4) is 0 Å². The van der Waals surface area contributed by atoms with Crippen molar-refractivity contribution in [2.45, 2.75) is 37.2 Å². The topological polar surface area (TPSA) is 180 Å². The molecule has 0 unspecified atom stereocenters. The Morgan fingerprint density at radius 3 is 1.13 bits per heavy atom. The van der Waals surface area contributed by atoms with E-state index in [1.54, 1.807) is 0 Å². The monoisotopic (exact) mass is 632 g/mol. The number of hydrogen-bond donors (Lipinski definition) is 0. The fourth-order valence-electron chi connectivity index (χ4n) is 2.45. The smallest absolute Gasteiger partial charge is 0.268 e. The van der Waals surface area contributed by atoms with E-state index in [0.717, 1.165) is 0 Å². The number of nitrogens with zero attached hydrogens (tertiary/aromatic N) is 2. The lowest BCUT2D eigenvalue weighted by atomic mass is 10.0. The third-order valence-electron chi connectivity index (χ3n) is 4.31. The summed E-state index contributed by atoms with van der Waals surface area (Å²) in [4.78, 5) is 0. The second-order valence-electron chi connectivity index (χ2n) is 7.71. The summed E-state index contributed by atoms with van der Waals surface area (Å²) in [6.45, 7) is 2.83. The van der Waals surface area contributed by atoms with Gasteiger partial charge in [-0.3, -0.25) is 8.57 Å². The molecule has 0 fully saturated rings. The maximum atomic E-state index is 14.7. The largest absolute Gasteiger partial charge is 0.390 e. The van der Waals surface area contributed by atoms with Crippen molar-refractivity contribution in [2.75, 3.05) is 24.0 Å². The molecule has 0 bridgehead atoms. The maximum Gasteiger partial charge on any atom is 0.390 e. The van der Waals surface area contributed by atoms with Gasteiger partial charge < -0.3 is 0 Å². The number of alkyl halides is 4. The number of oxime groups is 2. The lowest BCUT2D eigenvalue weighted by molar-refractivity contribution is 0.165. The molecule has 1 aromatic carbocycles. The standard InChI is InChI=1S/C18H24F4N2O10S4/c1-5-11-37(29,30)33-23-15(17(19,20)35(3,25)26)13-7-9-14(10-8-13)16(18(21,22)36(4,27)28)24-34-38(31,32)12-6-2/h7-10H,5-6,11-12H2,1-4H3/b23-15-,24-16-. The maximum absolute atomic E-state index is 14.7. The van der Waals surface area contributed by atoms with Gasteiger partial charge in [-0.1, -0.05) is 48.4 Å². The molecule has 0 aliphatic rings. The van der Waals surface area contributed by atoms with Gasteiger partial charge in [0.05, 0.1) is 11.5 Å². The van der Waals surface area contributed by atoms with E-state index in [1.165, 1.54) is 13.8 Å². The highest BCUT2D eigenvalue weighted by Crippen LogP contribution is 2.30. The Balaban J connectivity index is 3.78. The van der Waals surface area contributed by atoms with Crippen molar-refractivity contribution >= 4 is 51.3 Å². The zero-order valence-corrected chi connectivity index (χ0v) is 23.5. The first-order chi connectivity index (χ1) is 17.0. The Kier molecular flexibility index (Phi) is 10.5. The quantitative estimate of drug-likeness (QED) is 0.167. The molecule has 20 heteroatoms. The average Bonchev–Trinajstić information content (AvgIpc) is 2.72. The normalized spacial score (nSPS) is 14.8. The summed E-state index contributed by atoms with van der Waals surface area (Å²) in [6.07, 6.45) is 0.222. The third kappa shape index (κ3) is 8.34. The lowest BCUT2D eigenvalue weighted by Crippen LogP contribution is -2.39. The van der Waals surface area contributed by atoms with Crippen LogP contribution in [0.2, 0.25) is 0 Å². The summed E-state index contributed by atoms with van der Waals surface area (Å²) >= 11 is 0. The lowest BCUT2D eigenvalue weighted by Gasteiger charge is -2.18. The molecule has 0 spiro atoms. The van der Waals surface area contributed by atoms with E-state index in [4.69, 9.17) is 0 Å². The first-order valence-electron chi connectivity index (χ1n) is 10.3. The van der Waals surface area contributed by atoms with E-state index >= 15 is 0 Å². The van der Waals surface area contributed by atoms with Crippen LogP contribution in [-0.2, 0) is 48.5 Å². The summed E-state index contributed by atoms with van der Waals surface area (Å²) in [7, 11) is -19.6. The Bertz CT molecular complexity index is 1390. The summed E-state index contributed by atoms with van der Waals surface area (Å²) < 4.78 is 161. The van der Waals surface area contributed by atoms with Gasteiger partial charge in [0.15, 0.2) is 11.4 Å². The van der Waals surface area contributed by atoms with Crippen LogP contribution in [0.4, 0.5) is 17.6 Å².